The Balaban J connectivity index is 3.10. The number of hydrogen-bond donors (Lipinski definition) is 2. The molecule has 0 saturated carbocycles. The number of carbonyl (C=O) groups excluding carboxylic acids is 1. The fourth-order valence-corrected chi connectivity index (χ4v) is 1.66. The lowest BCUT2D eigenvalue weighted by Gasteiger charge is -2.29. The zero-order chi connectivity index (χ0) is 12.3. The summed E-state index contributed by atoms with van der Waals surface area (Å²) in [5.74, 6) is -0.395. The van der Waals surface area contributed by atoms with Crippen LogP contribution < -0.4 is 16.4 Å². The lowest BCUT2D eigenvalue weighted by Crippen LogP contribution is -2.39. The minimum absolute atomic E-state index is 0.119. The zero-order valence-electron chi connectivity index (χ0n) is 9.40. The highest BCUT2D eigenvalue weighted by atomic mass is 35.5. The summed E-state index contributed by atoms with van der Waals surface area (Å²) < 4.78 is 0. The van der Waals surface area contributed by atoms with E-state index >= 15 is 0 Å². The maximum atomic E-state index is 11.0. The molecule has 0 spiro atoms. The van der Waals surface area contributed by atoms with Gasteiger partial charge in [-0.3, -0.25) is 4.79 Å². The van der Waals surface area contributed by atoms with Crippen LogP contribution in [0.5, 0.6) is 0 Å². The van der Waals surface area contributed by atoms with Gasteiger partial charge in [0.15, 0.2) is 0 Å². The Bertz CT molecular complexity index is 393. The first-order valence-corrected chi connectivity index (χ1v) is 5.40. The van der Waals surface area contributed by atoms with E-state index in [2.05, 4.69) is 0 Å². The number of amides is 1. The minimum Gasteiger partial charge on any atom is -0.396 e. The van der Waals surface area contributed by atoms with E-state index in [0.717, 1.165) is 5.69 Å². The SMILES string of the molecule is CC(C)N(CC(N)=O)c1cccc(Cl)c1N. The largest absolute Gasteiger partial charge is 0.396 e. The maximum Gasteiger partial charge on any atom is 0.236 e. The summed E-state index contributed by atoms with van der Waals surface area (Å²) in [7, 11) is 0. The van der Waals surface area contributed by atoms with E-state index in [0.29, 0.717) is 10.7 Å². The van der Waals surface area contributed by atoms with Crippen molar-refractivity contribution in [1.82, 2.24) is 0 Å². The van der Waals surface area contributed by atoms with Gasteiger partial charge in [0.25, 0.3) is 0 Å². The number of benzene rings is 1. The molecule has 1 rings (SSSR count). The van der Waals surface area contributed by atoms with Gasteiger partial charge in [0, 0.05) is 6.04 Å². The topological polar surface area (TPSA) is 72.3 Å². The molecule has 0 aliphatic heterocycles. The molecular formula is C11H16ClN3O. The van der Waals surface area contributed by atoms with Crippen LogP contribution in [0.15, 0.2) is 18.2 Å². The van der Waals surface area contributed by atoms with Gasteiger partial charge in [-0.1, -0.05) is 17.7 Å². The van der Waals surface area contributed by atoms with Gasteiger partial charge < -0.3 is 16.4 Å². The highest BCUT2D eigenvalue weighted by Crippen LogP contribution is 2.30. The van der Waals surface area contributed by atoms with E-state index in [4.69, 9.17) is 23.1 Å². The van der Waals surface area contributed by atoms with Crippen LogP contribution in [0.2, 0.25) is 5.02 Å². The fraction of sp³-hybridized carbons (Fsp3) is 0.364. The van der Waals surface area contributed by atoms with E-state index in [1.165, 1.54) is 0 Å². The first-order valence-electron chi connectivity index (χ1n) is 5.02. The Hall–Kier alpha value is -1.42. The lowest BCUT2D eigenvalue weighted by atomic mass is 10.2. The number of anilines is 2. The molecule has 16 heavy (non-hydrogen) atoms. The molecule has 1 aromatic carbocycles. The third-order valence-electron chi connectivity index (χ3n) is 2.29. The van der Waals surface area contributed by atoms with Crippen LogP contribution in [0.4, 0.5) is 11.4 Å². The molecule has 0 aliphatic carbocycles. The smallest absolute Gasteiger partial charge is 0.236 e. The van der Waals surface area contributed by atoms with E-state index in [-0.39, 0.29) is 12.6 Å². The molecule has 88 valence electrons. The number of para-hydroxylation sites is 1. The molecule has 5 heteroatoms. The molecule has 4 nitrogen and oxygen atoms in total. The van der Waals surface area contributed by atoms with Crippen LogP contribution in [-0.4, -0.2) is 18.5 Å². The molecule has 4 N–H and O–H groups in total. The number of primary amides is 1. The summed E-state index contributed by atoms with van der Waals surface area (Å²) in [6, 6.07) is 5.45. The van der Waals surface area contributed by atoms with Gasteiger partial charge in [-0.15, -0.1) is 0 Å². The summed E-state index contributed by atoms with van der Waals surface area (Å²) in [5.41, 5.74) is 12.3. The summed E-state index contributed by atoms with van der Waals surface area (Å²) in [6.45, 7) is 4.05. The normalized spacial score (nSPS) is 10.5. The number of rotatable bonds is 4. The Kier molecular flexibility index (Phi) is 4.01. The van der Waals surface area contributed by atoms with Crippen LogP contribution in [0.25, 0.3) is 0 Å². The average Bonchev–Trinajstić information content (AvgIpc) is 2.18. The van der Waals surface area contributed by atoms with Crippen molar-refractivity contribution in [3.05, 3.63) is 23.2 Å². The van der Waals surface area contributed by atoms with Crippen molar-refractivity contribution >= 4 is 28.9 Å². The zero-order valence-corrected chi connectivity index (χ0v) is 10.2. The number of nitrogen functional groups attached to an aromatic ring is 1. The van der Waals surface area contributed by atoms with Gasteiger partial charge in [-0.05, 0) is 26.0 Å². The van der Waals surface area contributed by atoms with Crippen molar-refractivity contribution in [2.24, 2.45) is 5.73 Å². The molecule has 1 amide bonds. The average molecular weight is 242 g/mol. The molecule has 0 aromatic heterocycles. The molecule has 0 fully saturated rings. The van der Waals surface area contributed by atoms with Crippen LogP contribution in [0, 0.1) is 0 Å². The van der Waals surface area contributed by atoms with Crippen molar-refractivity contribution in [3.8, 4) is 0 Å². The second-order valence-corrected chi connectivity index (χ2v) is 4.27. The Morgan fingerprint density at radius 3 is 2.62 bits per heavy atom. The van der Waals surface area contributed by atoms with E-state index in [9.17, 15) is 4.79 Å². The number of halogens is 1. The molecule has 0 heterocycles. The number of nitrogens with zero attached hydrogens (tertiary/aromatic N) is 1. The van der Waals surface area contributed by atoms with Crippen molar-refractivity contribution in [2.45, 2.75) is 19.9 Å². The molecule has 1 aromatic rings. The molecule has 0 radical (unpaired) electrons. The van der Waals surface area contributed by atoms with E-state index in [1.54, 1.807) is 12.1 Å². The first-order chi connectivity index (χ1) is 7.43. The maximum absolute atomic E-state index is 11.0. The number of hydrogen-bond acceptors (Lipinski definition) is 3. The Labute approximate surface area is 100 Å². The predicted molar refractivity (Wildman–Crippen MR) is 67.5 cm³/mol. The Morgan fingerprint density at radius 2 is 2.12 bits per heavy atom. The van der Waals surface area contributed by atoms with Crippen LogP contribution in [-0.2, 0) is 4.79 Å². The molecule has 0 atom stereocenters. The number of nitrogens with two attached hydrogens (primary N) is 2. The highest BCUT2D eigenvalue weighted by molar-refractivity contribution is 6.33. The first kappa shape index (κ1) is 12.6. The summed E-state index contributed by atoms with van der Waals surface area (Å²) in [4.78, 5) is 12.8. The second kappa shape index (κ2) is 5.07. The van der Waals surface area contributed by atoms with Crippen LogP contribution in [0.3, 0.4) is 0 Å². The van der Waals surface area contributed by atoms with Gasteiger partial charge in [0.2, 0.25) is 5.91 Å². The third kappa shape index (κ3) is 2.79. The van der Waals surface area contributed by atoms with Crippen molar-refractivity contribution in [1.29, 1.82) is 0 Å². The van der Waals surface area contributed by atoms with Gasteiger partial charge in [0.1, 0.15) is 0 Å². The fourth-order valence-electron chi connectivity index (χ4n) is 1.49. The van der Waals surface area contributed by atoms with Gasteiger partial charge >= 0.3 is 0 Å². The van der Waals surface area contributed by atoms with Gasteiger partial charge in [-0.25, -0.2) is 0 Å². The van der Waals surface area contributed by atoms with Crippen LogP contribution in [0.1, 0.15) is 13.8 Å². The van der Waals surface area contributed by atoms with Crippen molar-refractivity contribution in [2.75, 3.05) is 17.2 Å². The van der Waals surface area contributed by atoms with Gasteiger partial charge in [-0.2, -0.15) is 0 Å². The second-order valence-electron chi connectivity index (χ2n) is 3.86. The van der Waals surface area contributed by atoms with Crippen LogP contribution >= 0.6 is 11.6 Å². The monoisotopic (exact) mass is 241 g/mol. The summed E-state index contributed by atoms with van der Waals surface area (Å²) >= 11 is 5.93. The molecule has 0 bridgehead atoms. The van der Waals surface area contributed by atoms with Crippen molar-refractivity contribution < 1.29 is 4.79 Å². The lowest BCUT2D eigenvalue weighted by molar-refractivity contribution is -0.116. The van der Waals surface area contributed by atoms with Crippen molar-refractivity contribution in [3.63, 3.8) is 0 Å². The molecule has 0 unspecified atom stereocenters. The minimum atomic E-state index is -0.395. The molecular weight excluding hydrogens is 226 g/mol. The van der Waals surface area contributed by atoms with E-state index < -0.39 is 5.91 Å². The highest BCUT2D eigenvalue weighted by Gasteiger charge is 2.16. The van der Waals surface area contributed by atoms with E-state index in [1.807, 2.05) is 24.8 Å². The summed E-state index contributed by atoms with van der Waals surface area (Å²) in [6.07, 6.45) is 0. The van der Waals surface area contributed by atoms with Gasteiger partial charge in [0.05, 0.1) is 22.9 Å². The summed E-state index contributed by atoms with van der Waals surface area (Å²) in [5, 5.41) is 0.479. The molecule has 0 aliphatic rings. The quantitative estimate of drug-likeness (QED) is 0.787. The number of carbonyl (C=O) groups is 1. The predicted octanol–water partition coefficient (Wildman–Crippen LogP) is 1.62. The molecule has 0 saturated heterocycles. The standard InChI is InChI=1S/C11H16ClN3O/c1-7(2)15(6-10(13)16)9-5-3-4-8(12)11(9)14/h3-5,7H,6,14H2,1-2H3,(H2,13,16). The third-order valence-corrected chi connectivity index (χ3v) is 2.62. The Morgan fingerprint density at radius 1 is 1.50 bits per heavy atom.